The number of aromatic nitrogens is 2. The molecule has 20 heavy (non-hydrogen) atoms. The molecule has 1 aromatic carbocycles. The van der Waals surface area contributed by atoms with E-state index >= 15 is 0 Å². The van der Waals surface area contributed by atoms with Crippen molar-refractivity contribution >= 4 is 37.6 Å². The smallest absolute Gasteiger partial charge is 0.180 e. The fraction of sp³-hybridized carbons (Fsp3) is 0.333. The molecule has 0 N–H and O–H groups in total. The minimum Gasteiger partial charge on any atom is -0.293 e. The third kappa shape index (κ3) is 1.91. The highest BCUT2D eigenvalue weighted by molar-refractivity contribution is 9.10. The molecule has 0 fully saturated rings. The van der Waals surface area contributed by atoms with Crippen LogP contribution in [0.2, 0.25) is 0 Å². The van der Waals surface area contributed by atoms with Crippen molar-refractivity contribution in [1.82, 2.24) is 9.78 Å². The summed E-state index contributed by atoms with van der Waals surface area (Å²) in [5.74, 6) is 0.0999. The van der Waals surface area contributed by atoms with Crippen molar-refractivity contribution in [1.29, 1.82) is 0 Å². The lowest BCUT2D eigenvalue weighted by Gasteiger charge is -2.38. The summed E-state index contributed by atoms with van der Waals surface area (Å²) >= 11 is 7.30. The normalized spacial score (nSPS) is 24.5. The van der Waals surface area contributed by atoms with Gasteiger partial charge >= 0.3 is 0 Å². The van der Waals surface area contributed by atoms with Gasteiger partial charge in [0.05, 0.1) is 32.8 Å². The van der Waals surface area contributed by atoms with Crippen LogP contribution < -0.4 is 0 Å². The molecule has 2 aromatic rings. The maximum atomic E-state index is 12.5. The lowest BCUT2D eigenvalue weighted by Crippen LogP contribution is -2.40. The van der Waals surface area contributed by atoms with E-state index < -0.39 is 0 Å². The Balaban J connectivity index is 2.22. The highest BCUT2D eigenvalue weighted by atomic mass is 79.9. The van der Waals surface area contributed by atoms with Crippen LogP contribution in [0, 0.1) is 5.41 Å². The second-order valence-electron chi connectivity index (χ2n) is 5.60. The molecule has 1 aliphatic carbocycles. The topological polar surface area (TPSA) is 34.9 Å². The van der Waals surface area contributed by atoms with Gasteiger partial charge in [-0.05, 0) is 12.1 Å². The first-order valence-electron chi connectivity index (χ1n) is 6.40. The summed E-state index contributed by atoms with van der Waals surface area (Å²) in [5, 5.41) is 4.41. The average Bonchev–Trinajstić information content (AvgIpc) is 2.89. The van der Waals surface area contributed by atoms with Crippen LogP contribution in [0.4, 0.5) is 0 Å². The Hall–Kier alpha value is -0.940. The molecule has 2 unspecified atom stereocenters. The number of carbonyl (C=O) groups excluding carboxylic acids is 1. The SMILES string of the molecule is CC1(C)C(Br)C(=O)c2cnn(-c3ccccc3)c2C1Br. The molecule has 2 atom stereocenters. The van der Waals surface area contributed by atoms with Crippen LogP contribution in [0.5, 0.6) is 0 Å². The number of hydrogen-bond donors (Lipinski definition) is 0. The van der Waals surface area contributed by atoms with E-state index in [4.69, 9.17) is 0 Å². The van der Waals surface area contributed by atoms with Crippen molar-refractivity contribution < 1.29 is 4.79 Å². The Morgan fingerprint density at radius 3 is 2.45 bits per heavy atom. The summed E-state index contributed by atoms with van der Waals surface area (Å²) in [4.78, 5) is 12.3. The monoisotopic (exact) mass is 396 g/mol. The van der Waals surface area contributed by atoms with Crippen LogP contribution >= 0.6 is 31.9 Å². The average molecular weight is 398 g/mol. The third-order valence-electron chi connectivity index (χ3n) is 3.85. The molecule has 1 aromatic heterocycles. The van der Waals surface area contributed by atoms with Gasteiger partial charge in [0.15, 0.2) is 5.78 Å². The predicted molar refractivity (Wildman–Crippen MR) is 86.1 cm³/mol. The second kappa shape index (κ2) is 4.81. The number of rotatable bonds is 1. The van der Waals surface area contributed by atoms with E-state index in [-0.39, 0.29) is 20.9 Å². The summed E-state index contributed by atoms with van der Waals surface area (Å²) in [5.41, 5.74) is 2.37. The van der Waals surface area contributed by atoms with Gasteiger partial charge in [-0.2, -0.15) is 5.10 Å². The first-order valence-corrected chi connectivity index (χ1v) is 8.23. The minimum absolute atomic E-state index is 0.0507. The van der Waals surface area contributed by atoms with Gasteiger partial charge in [-0.15, -0.1) is 0 Å². The lowest BCUT2D eigenvalue weighted by atomic mass is 9.76. The molecular formula is C15H14Br2N2O. The van der Waals surface area contributed by atoms with Gasteiger partial charge in [-0.1, -0.05) is 63.9 Å². The number of benzene rings is 1. The molecule has 1 aliphatic rings. The number of nitrogens with zero attached hydrogens (tertiary/aromatic N) is 2. The van der Waals surface area contributed by atoms with Gasteiger partial charge in [-0.3, -0.25) is 4.79 Å². The van der Waals surface area contributed by atoms with Crippen LogP contribution in [0.15, 0.2) is 36.5 Å². The molecule has 0 amide bonds. The number of Topliss-reactive ketones (excluding diaryl/α,β-unsaturated/α-hetero) is 1. The van der Waals surface area contributed by atoms with Gasteiger partial charge in [0.25, 0.3) is 0 Å². The molecule has 0 saturated carbocycles. The quantitative estimate of drug-likeness (QED) is 0.672. The van der Waals surface area contributed by atoms with Gasteiger partial charge in [0.1, 0.15) is 0 Å². The molecule has 0 bridgehead atoms. The van der Waals surface area contributed by atoms with Crippen LogP contribution in [-0.4, -0.2) is 20.4 Å². The molecule has 0 saturated heterocycles. The van der Waals surface area contributed by atoms with Crippen LogP contribution in [-0.2, 0) is 0 Å². The summed E-state index contributed by atoms with van der Waals surface area (Å²) in [6.45, 7) is 4.16. The van der Waals surface area contributed by atoms with E-state index in [1.807, 2.05) is 35.0 Å². The standard InChI is InChI=1S/C15H14Br2N2O/c1-15(2)13(16)11-10(12(20)14(15)17)8-18-19(11)9-6-4-3-5-7-9/h3-8,13-14H,1-2H3. The summed E-state index contributed by atoms with van der Waals surface area (Å²) in [6.07, 6.45) is 1.67. The number of halogens is 2. The van der Waals surface area contributed by atoms with Crippen molar-refractivity contribution in [2.45, 2.75) is 23.5 Å². The molecule has 104 valence electrons. The number of carbonyl (C=O) groups is 1. The van der Waals surface area contributed by atoms with Gasteiger partial charge in [-0.25, -0.2) is 4.68 Å². The Morgan fingerprint density at radius 2 is 1.80 bits per heavy atom. The first kappa shape index (κ1) is 14.0. The number of alkyl halides is 2. The molecule has 1 heterocycles. The van der Waals surface area contributed by atoms with E-state index in [0.717, 1.165) is 11.4 Å². The zero-order valence-electron chi connectivity index (χ0n) is 11.2. The third-order valence-corrected chi connectivity index (χ3v) is 7.06. The largest absolute Gasteiger partial charge is 0.293 e. The van der Waals surface area contributed by atoms with Crippen LogP contribution in [0.1, 0.15) is 34.7 Å². The predicted octanol–water partition coefficient (Wildman–Crippen LogP) is 4.29. The number of fused-ring (bicyclic) bond motifs is 1. The highest BCUT2D eigenvalue weighted by Crippen LogP contribution is 2.51. The molecule has 0 radical (unpaired) electrons. The highest BCUT2D eigenvalue weighted by Gasteiger charge is 2.48. The van der Waals surface area contributed by atoms with Crippen molar-refractivity contribution in [3.05, 3.63) is 47.8 Å². The fourth-order valence-electron chi connectivity index (χ4n) is 2.52. The van der Waals surface area contributed by atoms with Crippen molar-refractivity contribution in [3.63, 3.8) is 0 Å². The number of hydrogen-bond acceptors (Lipinski definition) is 2. The van der Waals surface area contributed by atoms with Crippen molar-refractivity contribution in [3.8, 4) is 5.69 Å². The maximum absolute atomic E-state index is 12.5. The molecule has 3 rings (SSSR count). The lowest BCUT2D eigenvalue weighted by molar-refractivity contribution is 0.0927. The van der Waals surface area contributed by atoms with E-state index in [9.17, 15) is 4.79 Å². The summed E-state index contributed by atoms with van der Waals surface area (Å²) in [7, 11) is 0. The Bertz CT molecular complexity index is 664. The van der Waals surface area contributed by atoms with Gasteiger partial charge in [0.2, 0.25) is 0 Å². The molecule has 0 spiro atoms. The van der Waals surface area contributed by atoms with Crippen molar-refractivity contribution in [2.75, 3.05) is 0 Å². The molecule has 5 heteroatoms. The van der Waals surface area contributed by atoms with Gasteiger partial charge < -0.3 is 0 Å². The molecule has 3 nitrogen and oxygen atoms in total. The van der Waals surface area contributed by atoms with Gasteiger partial charge in [0, 0.05) is 5.41 Å². The van der Waals surface area contributed by atoms with Crippen LogP contribution in [0.3, 0.4) is 0 Å². The Labute approximate surface area is 134 Å². The number of para-hydroxylation sites is 1. The molecular weight excluding hydrogens is 384 g/mol. The van der Waals surface area contributed by atoms with E-state index in [2.05, 4.69) is 50.8 Å². The minimum atomic E-state index is -0.226. The zero-order valence-corrected chi connectivity index (χ0v) is 14.3. The number of ketones is 1. The van der Waals surface area contributed by atoms with E-state index in [1.165, 1.54) is 0 Å². The Kier molecular flexibility index (Phi) is 3.37. The van der Waals surface area contributed by atoms with E-state index in [0.29, 0.717) is 5.56 Å². The first-order chi connectivity index (χ1) is 9.44. The maximum Gasteiger partial charge on any atom is 0.180 e. The van der Waals surface area contributed by atoms with E-state index in [1.54, 1.807) is 6.20 Å². The molecule has 0 aliphatic heterocycles. The summed E-state index contributed by atoms with van der Waals surface area (Å²) in [6, 6.07) is 9.88. The zero-order chi connectivity index (χ0) is 14.5. The van der Waals surface area contributed by atoms with Crippen molar-refractivity contribution in [2.24, 2.45) is 5.41 Å². The summed E-state index contributed by atoms with van der Waals surface area (Å²) < 4.78 is 1.85. The fourth-order valence-corrected chi connectivity index (χ4v) is 4.09. The van der Waals surface area contributed by atoms with Crippen LogP contribution in [0.25, 0.3) is 5.69 Å². The second-order valence-corrected chi connectivity index (χ2v) is 7.43. The Morgan fingerprint density at radius 1 is 1.15 bits per heavy atom.